The zero-order chi connectivity index (χ0) is 19.2. The fourth-order valence-corrected chi connectivity index (χ4v) is 3.73. The standard InChI is InChI=1S/C22H19N3O2S/c26-21(12-19-16-28-22(24-19)18-7-2-1-3-8-18)25(15-20-9-5-11-27-20)14-17-6-4-10-23-13-17/h1-11,13,16H,12,14-15H2. The summed E-state index contributed by atoms with van der Waals surface area (Å²) in [7, 11) is 0. The van der Waals surface area contributed by atoms with Crippen LogP contribution < -0.4 is 0 Å². The highest BCUT2D eigenvalue weighted by molar-refractivity contribution is 7.13. The summed E-state index contributed by atoms with van der Waals surface area (Å²) in [5.41, 5.74) is 2.82. The zero-order valence-corrected chi connectivity index (χ0v) is 16.0. The van der Waals surface area contributed by atoms with Gasteiger partial charge in [0.05, 0.1) is 24.9 Å². The molecule has 0 aliphatic carbocycles. The highest BCUT2D eigenvalue weighted by Gasteiger charge is 2.18. The summed E-state index contributed by atoms with van der Waals surface area (Å²) in [5, 5.41) is 2.88. The Kier molecular flexibility index (Phi) is 5.58. The van der Waals surface area contributed by atoms with Gasteiger partial charge in [0.2, 0.25) is 5.91 Å². The van der Waals surface area contributed by atoms with Crippen LogP contribution in [-0.2, 0) is 24.3 Å². The maximum atomic E-state index is 13.0. The maximum Gasteiger partial charge on any atom is 0.229 e. The van der Waals surface area contributed by atoms with E-state index in [4.69, 9.17) is 4.42 Å². The second kappa shape index (κ2) is 8.63. The Labute approximate surface area is 167 Å². The van der Waals surface area contributed by atoms with E-state index in [1.807, 2.05) is 60.0 Å². The van der Waals surface area contributed by atoms with Crippen LogP contribution in [0.3, 0.4) is 0 Å². The van der Waals surface area contributed by atoms with Gasteiger partial charge in [-0.1, -0.05) is 36.4 Å². The number of furan rings is 1. The molecule has 5 nitrogen and oxygen atoms in total. The second-order valence-corrected chi connectivity index (χ2v) is 7.24. The molecule has 0 aliphatic rings. The van der Waals surface area contributed by atoms with Crippen molar-refractivity contribution in [3.8, 4) is 10.6 Å². The Bertz CT molecular complexity index is 1010. The molecule has 0 bridgehead atoms. The van der Waals surface area contributed by atoms with Gasteiger partial charge in [-0.15, -0.1) is 11.3 Å². The van der Waals surface area contributed by atoms with Crippen molar-refractivity contribution in [3.63, 3.8) is 0 Å². The van der Waals surface area contributed by atoms with Gasteiger partial charge in [0.15, 0.2) is 0 Å². The predicted molar refractivity (Wildman–Crippen MR) is 108 cm³/mol. The molecule has 3 aromatic heterocycles. The summed E-state index contributed by atoms with van der Waals surface area (Å²) >= 11 is 1.56. The lowest BCUT2D eigenvalue weighted by molar-refractivity contribution is -0.132. The number of carbonyl (C=O) groups is 1. The molecular formula is C22H19N3O2S. The maximum absolute atomic E-state index is 13.0. The number of aromatic nitrogens is 2. The number of pyridine rings is 1. The Morgan fingerprint density at radius 3 is 2.68 bits per heavy atom. The molecule has 0 radical (unpaired) electrons. The number of nitrogens with zero attached hydrogens (tertiary/aromatic N) is 3. The van der Waals surface area contributed by atoms with Gasteiger partial charge in [-0.3, -0.25) is 9.78 Å². The molecule has 3 heterocycles. The van der Waals surface area contributed by atoms with Crippen LogP contribution in [0.1, 0.15) is 17.0 Å². The third-order valence-corrected chi connectivity index (χ3v) is 5.22. The smallest absolute Gasteiger partial charge is 0.229 e. The largest absolute Gasteiger partial charge is 0.467 e. The number of thiazole rings is 1. The zero-order valence-electron chi connectivity index (χ0n) is 15.2. The minimum absolute atomic E-state index is 0.00478. The van der Waals surface area contributed by atoms with Crippen LogP contribution in [0.15, 0.2) is 83.1 Å². The molecule has 1 amide bonds. The Hall–Kier alpha value is -3.25. The van der Waals surface area contributed by atoms with Crippen LogP contribution in [0.25, 0.3) is 10.6 Å². The molecule has 0 saturated carbocycles. The van der Waals surface area contributed by atoms with Crippen molar-refractivity contribution in [1.29, 1.82) is 0 Å². The fraction of sp³-hybridized carbons (Fsp3) is 0.136. The van der Waals surface area contributed by atoms with Gasteiger partial charge in [-0.05, 0) is 23.8 Å². The summed E-state index contributed by atoms with van der Waals surface area (Å²) in [6, 6.07) is 17.5. The van der Waals surface area contributed by atoms with Crippen LogP contribution >= 0.6 is 11.3 Å². The first-order valence-corrected chi connectivity index (χ1v) is 9.85. The number of rotatable bonds is 7. The van der Waals surface area contributed by atoms with Gasteiger partial charge in [0.25, 0.3) is 0 Å². The molecule has 0 saturated heterocycles. The lowest BCUT2D eigenvalue weighted by atomic mass is 10.2. The monoisotopic (exact) mass is 389 g/mol. The summed E-state index contributed by atoms with van der Waals surface area (Å²) in [6.45, 7) is 0.888. The minimum atomic E-state index is 0.00478. The van der Waals surface area contributed by atoms with Crippen molar-refractivity contribution in [2.45, 2.75) is 19.5 Å². The van der Waals surface area contributed by atoms with E-state index in [0.29, 0.717) is 13.1 Å². The van der Waals surface area contributed by atoms with E-state index in [1.54, 1.807) is 34.9 Å². The normalized spacial score (nSPS) is 10.7. The Balaban J connectivity index is 1.49. The van der Waals surface area contributed by atoms with E-state index in [2.05, 4.69) is 9.97 Å². The molecule has 140 valence electrons. The Morgan fingerprint density at radius 2 is 1.93 bits per heavy atom. The van der Waals surface area contributed by atoms with Crippen molar-refractivity contribution in [1.82, 2.24) is 14.9 Å². The van der Waals surface area contributed by atoms with Crippen molar-refractivity contribution < 1.29 is 9.21 Å². The SMILES string of the molecule is O=C(Cc1csc(-c2ccccc2)n1)N(Cc1cccnc1)Cc1ccco1. The van der Waals surface area contributed by atoms with E-state index in [1.165, 1.54) is 0 Å². The van der Waals surface area contributed by atoms with Gasteiger partial charge in [-0.25, -0.2) is 4.98 Å². The van der Waals surface area contributed by atoms with Crippen LogP contribution in [-0.4, -0.2) is 20.8 Å². The second-order valence-electron chi connectivity index (χ2n) is 6.38. The average Bonchev–Trinajstić information content (AvgIpc) is 3.41. The molecule has 0 aliphatic heterocycles. The first kappa shape index (κ1) is 18.1. The van der Waals surface area contributed by atoms with Crippen LogP contribution in [0, 0.1) is 0 Å². The highest BCUT2D eigenvalue weighted by atomic mass is 32.1. The number of carbonyl (C=O) groups excluding carboxylic acids is 1. The van der Waals surface area contributed by atoms with Crippen molar-refractivity contribution in [3.05, 3.63) is 95.7 Å². The van der Waals surface area contributed by atoms with Crippen molar-refractivity contribution in [2.75, 3.05) is 0 Å². The molecule has 1 aromatic carbocycles. The summed E-state index contributed by atoms with van der Waals surface area (Å²) in [4.78, 5) is 23.6. The van der Waals surface area contributed by atoms with E-state index >= 15 is 0 Å². The lowest BCUT2D eigenvalue weighted by Crippen LogP contribution is -2.31. The van der Waals surface area contributed by atoms with E-state index in [9.17, 15) is 4.79 Å². The highest BCUT2D eigenvalue weighted by Crippen LogP contribution is 2.24. The molecule has 6 heteroatoms. The molecule has 0 atom stereocenters. The van der Waals surface area contributed by atoms with Gasteiger partial charge < -0.3 is 9.32 Å². The van der Waals surface area contributed by atoms with Gasteiger partial charge in [0, 0.05) is 29.9 Å². The summed E-state index contributed by atoms with van der Waals surface area (Å²) in [5.74, 6) is 0.755. The Morgan fingerprint density at radius 1 is 1.04 bits per heavy atom. The van der Waals surface area contributed by atoms with Crippen LogP contribution in [0.5, 0.6) is 0 Å². The fourth-order valence-electron chi connectivity index (χ4n) is 2.90. The number of hydrogen-bond donors (Lipinski definition) is 0. The number of benzene rings is 1. The molecule has 0 fully saturated rings. The third-order valence-electron chi connectivity index (χ3n) is 4.28. The molecule has 4 aromatic rings. The molecule has 0 spiro atoms. The predicted octanol–water partition coefficient (Wildman–Crippen LogP) is 4.57. The average molecular weight is 389 g/mol. The van der Waals surface area contributed by atoms with E-state index < -0.39 is 0 Å². The van der Waals surface area contributed by atoms with E-state index in [0.717, 1.165) is 27.6 Å². The van der Waals surface area contributed by atoms with Crippen molar-refractivity contribution in [2.24, 2.45) is 0 Å². The van der Waals surface area contributed by atoms with Crippen LogP contribution in [0.4, 0.5) is 0 Å². The quantitative estimate of drug-likeness (QED) is 0.465. The van der Waals surface area contributed by atoms with Gasteiger partial charge in [0.1, 0.15) is 10.8 Å². The minimum Gasteiger partial charge on any atom is -0.467 e. The first-order chi connectivity index (χ1) is 13.8. The summed E-state index contributed by atoms with van der Waals surface area (Å²) in [6.07, 6.45) is 5.38. The molecular weight excluding hydrogens is 370 g/mol. The number of amides is 1. The summed E-state index contributed by atoms with van der Waals surface area (Å²) < 4.78 is 5.44. The molecule has 0 N–H and O–H groups in total. The van der Waals surface area contributed by atoms with Gasteiger partial charge in [-0.2, -0.15) is 0 Å². The molecule has 28 heavy (non-hydrogen) atoms. The molecule has 0 unspecified atom stereocenters. The van der Waals surface area contributed by atoms with Gasteiger partial charge >= 0.3 is 0 Å². The topological polar surface area (TPSA) is 59.2 Å². The van der Waals surface area contributed by atoms with E-state index in [-0.39, 0.29) is 12.3 Å². The third kappa shape index (κ3) is 4.53. The lowest BCUT2D eigenvalue weighted by Gasteiger charge is -2.21. The molecule has 4 rings (SSSR count). The van der Waals surface area contributed by atoms with Crippen molar-refractivity contribution >= 4 is 17.2 Å². The number of hydrogen-bond acceptors (Lipinski definition) is 5. The first-order valence-electron chi connectivity index (χ1n) is 8.97. The van der Waals surface area contributed by atoms with Crippen LogP contribution in [0.2, 0.25) is 0 Å².